The molecule has 0 heterocycles. The molecule has 4 heteroatoms. The van der Waals surface area contributed by atoms with E-state index in [1.807, 2.05) is 30.3 Å². The number of phenols is 2. The molecule has 0 radical (unpaired) electrons. The number of rotatable bonds is 4. The average molecular weight is 276 g/mol. The zero-order valence-corrected chi connectivity index (χ0v) is 11.3. The fourth-order valence-electron chi connectivity index (χ4n) is 1.93. The molecule has 0 aliphatic rings. The molecule has 2 aromatic rings. The molecule has 0 aliphatic carbocycles. The quantitative estimate of drug-likeness (QED) is 0.594. The fourth-order valence-corrected chi connectivity index (χ4v) is 3.99. The minimum Gasteiger partial charge on any atom is -0.504 e. The summed E-state index contributed by atoms with van der Waals surface area (Å²) in [5.74, 6) is -0.330. The van der Waals surface area contributed by atoms with Crippen LogP contribution in [0.25, 0.3) is 0 Å². The van der Waals surface area contributed by atoms with Crippen LogP contribution >= 0.6 is 0 Å². The summed E-state index contributed by atoms with van der Waals surface area (Å²) in [4.78, 5) is 0.242. The van der Waals surface area contributed by atoms with E-state index in [1.165, 1.54) is 11.5 Å². The van der Waals surface area contributed by atoms with Crippen molar-refractivity contribution in [2.75, 3.05) is 0 Å². The van der Waals surface area contributed by atoms with Gasteiger partial charge in [0, 0.05) is 5.75 Å². The van der Waals surface area contributed by atoms with Gasteiger partial charge in [0.25, 0.3) is 0 Å². The lowest BCUT2D eigenvalue weighted by Crippen LogP contribution is -2.12. The zero-order valence-electron chi connectivity index (χ0n) is 10.4. The highest BCUT2D eigenvalue weighted by Crippen LogP contribution is 2.37. The van der Waals surface area contributed by atoms with Crippen LogP contribution < -0.4 is 0 Å². The Kier molecular flexibility index (Phi) is 3.71. The van der Waals surface area contributed by atoms with E-state index >= 15 is 0 Å². The molecule has 0 spiro atoms. The molecule has 2 aromatic carbocycles. The largest absolute Gasteiger partial charge is 0.504 e. The summed E-state index contributed by atoms with van der Waals surface area (Å²) in [7, 11) is -2.99. The van der Waals surface area contributed by atoms with Gasteiger partial charge in [0.15, 0.2) is 11.5 Å². The van der Waals surface area contributed by atoms with Crippen LogP contribution in [0.3, 0.4) is 0 Å². The van der Waals surface area contributed by atoms with Gasteiger partial charge < -0.3 is 10.2 Å². The number of thiol groups is 1. The van der Waals surface area contributed by atoms with E-state index in [4.69, 9.17) is 0 Å². The van der Waals surface area contributed by atoms with E-state index in [0.29, 0.717) is 0 Å². The lowest BCUT2D eigenvalue weighted by atomic mass is 10.2. The monoisotopic (exact) mass is 276 g/mol. The van der Waals surface area contributed by atoms with Gasteiger partial charge in [0.1, 0.15) is 0 Å². The third kappa shape index (κ3) is 2.69. The second-order valence-electron chi connectivity index (χ2n) is 4.27. The molecule has 0 fully saturated rings. The molecule has 19 heavy (non-hydrogen) atoms. The summed E-state index contributed by atoms with van der Waals surface area (Å²) in [6.45, 7) is 3.62. The SMILES string of the molecule is C=C[SH](=O)(Cc1ccccc1)c1cccc(O)c1O. The first-order chi connectivity index (χ1) is 9.07. The summed E-state index contributed by atoms with van der Waals surface area (Å²) in [5, 5.41) is 20.8. The molecule has 0 aromatic heterocycles. The number of para-hydroxylation sites is 1. The van der Waals surface area contributed by atoms with E-state index in [-0.39, 0.29) is 22.1 Å². The second kappa shape index (κ2) is 5.28. The minimum absolute atomic E-state index is 0.242. The third-order valence-corrected chi connectivity index (χ3v) is 5.56. The van der Waals surface area contributed by atoms with E-state index in [0.717, 1.165) is 5.56 Å². The Morgan fingerprint density at radius 2 is 1.74 bits per heavy atom. The Morgan fingerprint density at radius 3 is 2.37 bits per heavy atom. The highest BCUT2D eigenvalue weighted by Gasteiger charge is 2.20. The number of benzene rings is 2. The van der Waals surface area contributed by atoms with Gasteiger partial charge in [-0.25, -0.2) is 0 Å². The van der Waals surface area contributed by atoms with Crippen molar-refractivity contribution in [1.29, 1.82) is 0 Å². The van der Waals surface area contributed by atoms with Crippen LogP contribution in [0.5, 0.6) is 11.5 Å². The van der Waals surface area contributed by atoms with Crippen LogP contribution in [-0.2, 0) is 15.7 Å². The van der Waals surface area contributed by atoms with Crippen LogP contribution in [0.4, 0.5) is 0 Å². The zero-order chi connectivity index (χ0) is 13.9. The second-order valence-corrected chi connectivity index (χ2v) is 7.02. The van der Waals surface area contributed by atoms with Crippen molar-refractivity contribution in [3.63, 3.8) is 0 Å². The molecule has 0 unspecified atom stereocenters. The van der Waals surface area contributed by atoms with E-state index in [2.05, 4.69) is 6.58 Å². The van der Waals surface area contributed by atoms with Crippen molar-refractivity contribution in [1.82, 2.24) is 0 Å². The van der Waals surface area contributed by atoms with Gasteiger partial charge in [-0.3, -0.25) is 4.21 Å². The minimum atomic E-state index is -2.99. The number of hydrogen-bond donors (Lipinski definition) is 3. The Bertz CT molecular complexity index is 635. The summed E-state index contributed by atoms with van der Waals surface area (Å²) < 4.78 is 12.9. The highest BCUT2D eigenvalue weighted by atomic mass is 32.2. The van der Waals surface area contributed by atoms with Crippen LogP contribution in [0, 0.1) is 0 Å². The summed E-state index contributed by atoms with van der Waals surface area (Å²) >= 11 is 0. The first kappa shape index (κ1) is 13.4. The molecule has 0 aliphatic heterocycles. The van der Waals surface area contributed by atoms with E-state index in [1.54, 1.807) is 12.1 Å². The Morgan fingerprint density at radius 1 is 1.05 bits per heavy atom. The standard InChI is InChI=1S/C15H16O3S/c1-2-19(18,11-12-7-4-3-5-8-12)14-10-6-9-13(16)15(14)17/h2-10,16-17,19H,1,11H2. The molecule has 0 atom stereocenters. The first-order valence-corrected chi connectivity index (χ1v) is 7.81. The summed E-state index contributed by atoms with van der Waals surface area (Å²) in [6, 6.07) is 13.8. The molecule has 0 amide bonds. The number of hydrogen-bond acceptors (Lipinski definition) is 3. The molecule has 2 rings (SSSR count). The van der Waals surface area contributed by atoms with Crippen LogP contribution in [0.15, 0.2) is 65.4 Å². The first-order valence-electron chi connectivity index (χ1n) is 5.84. The molecule has 3 nitrogen and oxygen atoms in total. The smallest absolute Gasteiger partial charge is 0.172 e. The van der Waals surface area contributed by atoms with Gasteiger partial charge in [0.2, 0.25) is 0 Å². The van der Waals surface area contributed by atoms with E-state index < -0.39 is 9.93 Å². The van der Waals surface area contributed by atoms with Crippen molar-refractivity contribution in [3.8, 4) is 11.5 Å². The van der Waals surface area contributed by atoms with Crippen LogP contribution in [-0.4, -0.2) is 14.4 Å². The van der Waals surface area contributed by atoms with Crippen molar-refractivity contribution in [2.45, 2.75) is 10.6 Å². The average Bonchev–Trinajstić information content (AvgIpc) is 2.43. The molecule has 0 saturated heterocycles. The molecular formula is C15H16O3S. The maximum Gasteiger partial charge on any atom is 0.172 e. The predicted molar refractivity (Wildman–Crippen MR) is 77.9 cm³/mol. The molecule has 2 N–H and O–H groups in total. The lowest BCUT2D eigenvalue weighted by Gasteiger charge is -2.21. The van der Waals surface area contributed by atoms with Crippen molar-refractivity contribution >= 4 is 9.93 Å². The highest BCUT2D eigenvalue weighted by molar-refractivity contribution is 8.05. The van der Waals surface area contributed by atoms with Gasteiger partial charge in [-0.1, -0.05) is 52.9 Å². The van der Waals surface area contributed by atoms with Crippen LogP contribution in [0.1, 0.15) is 5.56 Å². The summed E-state index contributed by atoms with van der Waals surface area (Å²) in [5.41, 5.74) is 0.897. The molecule has 0 bridgehead atoms. The number of aromatic hydroxyl groups is 2. The van der Waals surface area contributed by atoms with Crippen molar-refractivity contribution in [3.05, 3.63) is 66.1 Å². The van der Waals surface area contributed by atoms with Gasteiger partial charge in [-0.05, 0) is 23.1 Å². The van der Waals surface area contributed by atoms with E-state index in [9.17, 15) is 14.4 Å². The normalized spacial score (nSPS) is 12.0. The van der Waals surface area contributed by atoms with Gasteiger partial charge in [-0.2, -0.15) is 0 Å². The Hall–Kier alpha value is -2.07. The molecule has 0 saturated carbocycles. The maximum atomic E-state index is 12.9. The molecule has 100 valence electrons. The van der Waals surface area contributed by atoms with Gasteiger partial charge in [-0.15, -0.1) is 0 Å². The van der Waals surface area contributed by atoms with Crippen molar-refractivity contribution in [2.24, 2.45) is 0 Å². The van der Waals surface area contributed by atoms with Crippen molar-refractivity contribution < 1.29 is 14.4 Å². The maximum absolute atomic E-state index is 12.9. The summed E-state index contributed by atoms with van der Waals surface area (Å²) in [6.07, 6.45) is 0. The number of phenolic OH excluding ortho intramolecular Hbond substituents is 2. The van der Waals surface area contributed by atoms with Gasteiger partial charge in [0.05, 0.1) is 4.90 Å². The third-order valence-electron chi connectivity index (χ3n) is 2.96. The molecular weight excluding hydrogens is 260 g/mol. The predicted octanol–water partition coefficient (Wildman–Crippen LogP) is 2.82. The fraction of sp³-hybridized carbons (Fsp3) is 0.0667. The van der Waals surface area contributed by atoms with Gasteiger partial charge >= 0.3 is 0 Å². The Balaban J connectivity index is 2.46. The lowest BCUT2D eigenvalue weighted by molar-refractivity contribution is 0.394. The Labute approximate surface area is 113 Å². The topological polar surface area (TPSA) is 57.5 Å². The van der Waals surface area contributed by atoms with Crippen LogP contribution in [0.2, 0.25) is 0 Å².